The molecule has 6 heteroatoms. The normalized spacial score (nSPS) is 29.0. The molecule has 0 aromatic rings. The molecule has 0 amide bonds. The Morgan fingerprint density at radius 2 is 1.96 bits per heavy atom. The fraction of sp³-hybridized carbons (Fsp3) is 0.947. The molecule has 3 unspecified atom stereocenters. The molecule has 148 valence electrons. The van der Waals surface area contributed by atoms with Crippen molar-refractivity contribution in [3.8, 4) is 0 Å². The SMILES string of the molecule is CCOC1CC(NC(=NC)NCC2CCN(CC)C2)C1(CC)CC.I. The topological polar surface area (TPSA) is 48.9 Å². The van der Waals surface area contributed by atoms with Crippen molar-refractivity contribution < 1.29 is 4.74 Å². The van der Waals surface area contributed by atoms with Crippen LogP contribution in [0, 0.1) is 11.3 Å². The van der Waals surface area contributed by atoms with Gasteiger partial charge in [0.05, 0.1) is 6.10 Å². The summed E-state index contributed by atoms with van der Waals surface area (Å²) in [6.07, 6.45) is 5.07. The number of hydrogen-bond acceptors (Lipinski definition) is 3. The van der Waals surface area contributed by atoms with Crippen LogP contribution in [0.1, 0.15) is 53.4 Å². The van der Waals surface area contributed by atoms with E-state index in [9.17, 15) is 0 Å². The van der Waals surface area contributed by atoms with Crippen molar-refractivity contribution in [1.82, 2.24) is 15.5 Å². The van der Waals surface area contributed by atoms with Gasteiger partial charge < -0.3 is 20.3 Å². The molecule has 2 N–H and O–H groups in total. The van der Waals surface area contributed by atoms with Crippen LogP contribution in [0.4, 0.5) is 0 Å². The van der Waals surface area contributed by atoms with Gasteiger partial charge in [-0.15, -0.1) is 24.0 Å². The number of halogens is 1. The van der Waals surface area contributed by atoms with E-state index in [1.54, 1.807) is 0 Å². The average Bonchev–Trinajstić information content (AvgIpc) is 3.06. The van der Waals surface area contributed by atoms with Gasteiger partial charge in [0.25, 0.3) is 0 Å². The zero-order valence-corrected chi connectivity index (χ0v) is 19.1. The first kappa shape index (κ1) is 23.0. The first-order valence-corrected chi connectivity index (χ1v) is 9.94. The summed E-state index contributed by atoms with van der Waals surface area (Å²) in [5, 5.41) is 7.24. The Morgan fingerprint density at radius 1 is 1.24 bits per heavy atom. The molecule has 0 aromatic carbocycles. The first-order valence-electron chi connectivity index (χ1n) is 9.94. The van der Waals surface area contributed by atoms with E-state index < -0.39 is 0 Å². The van der Waals surface area contributed by atoms with Crippen LogP contribution >= 0.6 is 24.0 Å². The minimum atomic E-state index is 0. The van der Waals surface area contributed by atoms with Crippen molar-refractivity contribution in [2.45, 2.75) is 65.5 Å². The number of ether oxygens (including phenoxy) is 1. The molecule has 3 atom stereocenters. The Morgan fingerprint density at radius 3 is 2.48 bits per heavy atom. The smallest absolute Gasteiger partial charge is 0.191 e. The minimum Gasteiger partial charge on any atom is -0.378 e. The molecule has 2 aliphatic rings. The van der Waals surface area contributed by atoms with Crippen LogP contribution in [-0.4, -0.2) is 62.8 Å². The number of aliphatic imine (C=N–C) groups is 1. The molecular formula is C19H39IN4O. The lowest BCUT2D eigenvalue weighted by Gasteiger charge is -2.55. The molecule has 5 nitrogen and oxygen atoms in total. The molecule has 0 radical (unpaired) electrons. The van der Waals surface area contributed by atoms with E-state index in [1.807, 2.05) is 7.05 Å². The lowest BCUT2D eigenvalue weighted by atomic mass is 9.58. The highest BCUT2D eigenvalue weighted by atomic mass is 127. The summed E-state index contributed by atoms with van der Waals surface area (Å²) >= 11 is 0. The highest BCUT2D eigenvalue weighted by Gasteiger charge is 2.53. The van der Waals surface area contributed by atoms with Gasteiger partial charge in [-0.25, -0.2) is 0 Å². The van der Waals surface area contributed by atoms with Crippen LogP contribution in [-0.2, 0) is 4.74 Å². The highest BCUT2D eigenvalue weighted by molar-refractivity contribution is 14.0. The zero-order valence-electron chi connectivity index (χ0n) is 16.8. The van der Waals surface area contributed by atoms with E-state index in [0.29, 0.717) is 12.1 Å². The number of nitrogens with one attached hydrogen (secondary N) is 2. The van der Waals surface area contributed by atoms with Gasteiger partial charge in [0.2, 0.25) is 0 Å². The van der Waals surface area contributed by atoms with Crippen molar-refractivity contribution in [2.75, 3.05) is 39.8 Å². The van der Waals surface area contributed by atoms with Crippen LogP contribution in [0.25, 0.3) is 0 Å². The highest BCUT2D eigenvalue weighted by Crippen LogP contribution is 2.48. The Hall–Kier alpha value is -0.0800. The summed E-state index contributed by atoms with van der Waals surface area (Å²) in [5.74, 6) is 1.69. The number of guanidine groups is 1. The summed E-state index contributed by atoms with van der Waals surface area (Å²) in [4.78, 5) is 6.98. The van der Waals surface area contributed by atoms with Gasteiger partial charge in [0.15, 0.2) is 5.96 Å². The summed E-state index contributed by atoms with van der Waals surface area (Å²) < 4.78 is 5.98. The van der Waals surface area contributed by atoms with Crippen molar-refractivity contribution in [3.63, 3.8) is 0 Å². The molecule has 2 fully saturated rings. The van der Waals surface area contributed by atoms with Gasteiger partial charge >= 0.3 is 0 Å². The van der Waals surface area contributed by atoms with Crippen LogP contribution in [0.3, 0.4) is 0 Å². The predicted molar refractivity (Wildman–Crippen MR) is 117 cm³/mol. The largest absolute Gasteiger partial charge is 0.378 e. The molecule has 0 bridgehead atoms. The van der Waals surface area contributed by atoms with E-state index in [1.165, 1.54) is 26.1 Å². The number of rotatable bonds is 8. The summed E-state index contributed by atoms with van der Waals surface area (Å²) in [6.45, 7) is 14.4. The standard InChI is InChI=1S/C19H38N4O.HI/c1-6-19(7-2)16(12-17(19)24-9-4)22-18(20-5)21-13-15-10-11-23(8-3)14-15;/h15-17H,6-14H2,1-5H3,(H2,20,21,22);1H. The molecule has 1 saturated heterocycles. The van der Waals surface area contributed by atoms with Gasteiger partial charge in [0.1, 0.15) is 0 Å². The lowest BCUT2D eigenvalue weighted by molar-refractivity contribution is -0.133. The first-order chi connectivity index (χ1) is 11.6. The Labute approximate surface area is 171 Å². The summed E-state index contributed by atoms with van der Waals surface area (Å²) in [6, 6.07) is 0.464. The van der Waals surface area contributed by atoms with Gasteiger partial charge in [0, 0.05) is 38.2 Å². The van der Waals surface area contributed by atoms with Gasteiger partial charge in [-0.3, -0.25) is 4.99 Å². The molecule has 1 aliphatic carbocycles. The number of likely N-dealkylation sites (tertiary alicyclic amines) is 1. The van der Waals surface area contributed by atoms with Crippen molar-refractivity contribution >= 4 is 29.9 Å². The van der Waals surface area contributed by atoms with Gasteiger partial charge in [-0.1, -0.05) is 20.8 Å². The maximum atomic E-state index is 5.98. The second-order valence-corrected chi connectivity index (χ2v) is 7.32. The summed E-state index contributed by atoms with van der Waals surface area (Å²) in [5.41, 5.74) is 0.250. The van der Waals surface area contributed by atoms with Gasteiger partial charge in [-0.05, 0) is 51.6 Å². The molecular weight excluding hydrogens is 427 g/mol. The lowest BCUT2D eigenvalue weighted by Crippen LogP contribution is -2.65. The molecule has 2 rings (SSSR count). The monoisotopic (exact) mass is 466 g/mol. The maximum absolute atomic E-state index is 5.98. The third-order valence-electron chi connectivity index (χ3n) is 6.38. The Kier molecular flexibility index (Phi) is 10.0. The van der Waals surface area contributed by atoms with Gasteiger partial charge in [-0.2, -0.15) is 0 Å². The van der Waals surface area contributed by atoms with E-state index in [-0.39, 0.29) is 29.4 Å². The van der Waals surface area contributed by atoms with Crippen LogP contribution in [0.5, 0.6) is 0 Å². The van der Waals surface area contributed by atoms with Crippen molar-refractivity contribution in [3.05, 3.63) is 0 Å². The second-order valence-electron chi connectivity index (χ2n) is 7.32. The summed E-state index contributed by atoms with van der Waals surface area (Å²) in [7, 11) is 1.88. The minimum absolute atomic E-state index is 0. The third kappa shape index (κ3) is 5.22. The van der Waals surface area contributed by atoms with Crippen molar-refractivity contribution in [1.29, 1.82) is 0 Å². The third-order valence-corrected chi connectivity index (χ3v) is 6.38. The van der Waals surface area contributed by atoms with E-state index >= 15 is 0 Å². The fourth-order valence-corrected chi connectivity index (χ4v) is 4.55. The van der Waals surface area contributed by atoms with E-state index in [2.05, 4.69) is 48.2 Å². The molecule has 0 spiro atoms. The Balaban J connectivity index is 0.00000312. The van der Waals surface area contributed by atoms with E-state index in [0.717, 1.165) is 44.3 Å². The van der Waals surface area contributed by atoms with Crippen LogP contribution < -0.4 is 10.6 Å². The molecule has 1 heterocycles. The number of hydrogen-bond donors (Lipinski definition) is 2. The van der Waals surface area contributed by atoms with Crippen LogP contribution in [0.2, 0.25) is 0 Å². The second kappa shape index (κ2) is 10.9. The quantitative estimate of drug-likeness (QED) is 0.328. The van der Waals surface area contributed by atoms with E-state index in [4.69, 9.17) is 4.74 Å². The zero-order chi connectivity index (χ0) is 17.6. The number of nitrogens with zero attached hydrogens (tertiary/aromatic N) is 2. The average molecular weight is 466 g/mol. The van der Waals surface area contributed by atoms with Crippen LogP contribution in [0.15, 0.2) is 4.99 Å². The molecule has 0 aromatic heterocycles. The fourth-order valence-electron chi connectivity index (χ4n) is 4.55. The van der Waals surface area contributed by atoms with Crippen molar-refractivity contribution in [2.24, 2.45) is 16.3 Å². The molecule has 1 saturated carbocycles. The molecule has 25 heavy (non-hydrogen) atoms. The predicted octanol–water partition coefficient (Wildman–Crippen LogP) is 3.10. The molecule has 1 aliphatic heterocycles. The maximum Gasteiger partial charge on any atom is 0.191 e. The Bertz CT molecular complexity index is 414.